The predicted octanol–water partition coefficient (Wildman–Crippen LogP) is 2.88. The third-order valence-corrected chi connectivity index (χ3v) is 4.00. The molecular formula is C15H14ClN7O3. The topological polar surface area (TPSA) is 137 Å². The fraction of sp³-hybridized carbons (Fsp3) is 0.133. The van der Waals surface area contributed by atoms with Crippen molar-refractivity contribution in [3.05, 3.63) is 56.6 Å². The lowest BCUT2D eigenvalue weighted by atomic mass is 10.1. The minimum Gasteiger partial charge on any atom is -0.455 e. The molecule has 3 aromatic rings. The number of aromatic nitrogens is 3. The van der Waals surface area contributed by atoms with Crippen molar-refractivity contribution in [3.63, 3.8) is 0 Å². The number of hydrazone groups is 1. The number of halogens is 1. The van der Waals surface area contributed by atoms with Crippen LogP contribution in [0.4, 0.5) is 11.6 Å². The van der Waals surface area contributed by atoms with E-state index in [0.29, 0.717) is 27.9 Å². The number of nitro benzene ring substituents is 1. The van der Waals surface area contributed by atoms with Gasteiger partial charge in [-0.25, -0.2) is 10.1 Å². The Morgan fingerprint density at radius 2 is 2.15 bits per heavy atom. The maximum absolute atomic E-state index is 11.3. The molecule has 0 saturated carbocycles. The van der Waals surface area contributed by atoms with Gasteiger partial charge in [0.25, 0.3) is 11.6 Å². The number of benzene rings is 1. The van der Waals surface area contributed by atoms with Crippen molar-refractivity contribution in [2.45, 2.75) is 13.8 Å². The number of furan rings is 1. The van der Waals surface area contributed by atoms with Crippen LogP contribution >= 0.6 is 11.6 Å². The van der Waals surface area contributed by atoms with Crippen molar-refractivity contribution in [3.8, 4) is 11.3 Å². The van der Waals surface area contributed by atoms with Crippen molar-refractivity contribution in [2.24, 2.45) is 5.10 Å². The smallest absolute Gasteiger partial charge is 0.280 e. The lowest BCUT2D eigenvalue weighted by Crippen LogP contribution is -2.13. The molecule has 0 atom stereocenters. The molecule has 0 aliphatic rings. The third kappa shape index (κ3) is 3.35. The highest BCUT2D eigenvalue weighted by molar-refractivity contribution is 6.31. The van der Waals surface area contributed by atoms with Crippen LogP contribution in [0.15, 0.2) is 33.8 Å². The number of hydrogen-bond donors (Lipinski definition) is 2. The molecule has 0 fully saturated rings. The van der Waals surface area contributed by atoms with E-state index in [9.17, 15) is 10.1 Å². The number of nitro groups is 1. The van der Waals surface area contributed by atoms with E-state index in [1.165, 1.54) is 23.0 Å². The molecule has 2 aromatic heterocycles. The van der Waals surface area contributed by atoms with Gasteiger partial charge in [0.15, 0.2) is 5.82 Å². The van der Waals surface area contributed by atoms with Crippen molar-refractivity contribution in [2.75, 3.05) is 11.3 Å². The van der Waals surface area contributed by atoms with E-state index < -0.39 is 4.92 Å². The van der Waals surface area contributed by atoms with Crippen LogP contribution in [0.25, 0.3) is 11.3 Å². The number of nitrogens with one attached hydrogen (secondary N) is 1. The van der Waals surface area contributed by atoms with E-state index in [-0.39, 0.29) is 17.2 Å². The zero-order chi connectivity index (χ0) is 18.8. The summed E-state index contributed by atoms with van der Waals surface area (Å²) in [5, 5.41) is 23.2. The van der Waals surface area contributed by atoms with Crippen LogP contribution in [-0.4, -0.2) is 26.0 Å². The Hall–Kier alpha value is -3.40. The summed E-state index contributed by atoms with van der Waals surface area (Å²) in [7, 11) is 0. The molecule has 0 spiro atoms. The van der Waals surface area contributed by atoms with Crippen LogP contribution < -0.4 is 11.3 Å². The summed E-state index contributed by atoms with van der Waals surface area (Å²) in [6.07, 6.45) is 1.38. The third-order valence-electron chi connectivity index (χ3n) is 3.59. The molecular weight excluding hydrogens is 362 g/mol. The van der Waals surface area contributed by atoms with Gasteiger partial charge in [-0.05, 0) is 37.6 Å². The first-order chi connectivity index (χ1) is 12.4. The van der Waals surface area contributed by atoms with E-state index in [0.717, 1.165) is 0 Å². The van der Waals surface area contributed by atoms with Gasteiger partial charge < -0.3 is 10.3 Å². The number of rotatable bonds is 5. The standard InChI is InChI=1S/C15H14ClN7O3/c1-8-5-13(23(24)25)11(6-12(8)16)14-4-3-10(26-14)7-18-20-15-21-19-9(2)22(15)17/h3-7H,17H2,1-2H3,(H,20,21). The molecule has 26 heavy (non-hydrogen) atoms. The molecule has 3 N–H and O–H groups in total. The van der Waals surface area contributed by atoms with Crippen molar-refractivity contribution in [1.29, 1.82) is 0 Å². The number of nitrogens with two attached hydrogens (primary N) is 1. The van der Waals surface area contributed by atoms with Gasteiger partial charge in [0.2, 0.25) is 0 Å². The number of anilines is 1. The molecule has 0 aliphatic heterocycles. The monoisotopic (exact) mass is 375 g/mol. The molecule has 0 radical (unpaired) electrons. The molecule has 11 heteroatoms. The van der Waals surface area contributed by atoms with Crippen molar-refractivity contribution in [1.82, 2.24) is 14.9 Å². The first-order valence-electron chi connectivity index (χ1n) is 7.37. The van der Waals surface area contributed by atoms with E-state index in [1.54, 1.807) is 26.0 Å². The Morgan fingerprint density at radius 3 is 2.81 bits per heavy atom. The Kier molecular flexibility index (Phi) is 4.59. The van der Waals surface area contributed by atoms with Gasteiger partial charge in [-0.3, -0.25) is 10.1 Å². The second-order valence-corrected chi connectivity index (χ2v) is 5.80. The predicted molar refractivity (Wildman–Crippen MR) is 96.7 cm³/mol. The summed E-state index contributed by atoms with van der Waals surface area (Å²) in [4.78, 5) is 10.8. The van der Waals surface area contributed by atoms with Gasteiger partial charge in [-0.15, -0.1) is 10.2 Å². The van der Waals surface area contributed by atoms with Crippen LogP contribution in [-0.2, 0) is 0 Å². The molecule has 1 aromatic carbocycles. The maximum Gasteiger partial charge on any atom is 0.280 e. The van der Waals surface area contributed by atoms with Gasteiger partial charge in [0.05, 0.1) is 16.7 Å². The summed E-state index contributed by atoms with van der Waals surface area (Å²) in [6, 6.07) is 6.14. The van der Waals surface area contributed by atoms with E-state index >= 15 is 0 Å². The zero-order valence-electron chi connectivity index (χ0n) is 13.8. The quantitative estimate of drug-likeness (QED) is 0.302. The fourth-order valence-electron chi connectivity index (χ4n) is 2.18. The molecule has 0 unspecified atom stereocenters. The van der Waals surface area contributed by atoms with E-state index in [2.05, 4.69) is 20.7 Å². The Morgan fingerprint density at radius 1 is 1.38 bits per heavy atom. The molecule has 0 saturated heterocycles. The van der Waals surface area contributed by atoms with Crippen LogP contribution in [0, 0.1) is 24.0 Å². The van der Waals surface area contributed by atoms with Gasteiger partial charge >= 0.3 is 0 Å². The summed E-state index contributed by atoms with van der Waals surface area (Å²) in [5.41, 5.74) is 3.43. The summed E-state index contributed by atoms with van der Waals surface area (Å²) < 4.78 is 6.84. The molecule has 134 valence electrons. The SMILES string of the molecule is Cc1cc([N+](=O)[O-])c(-c2ccc(C=NNc3nnc(C)n3N)o2)cc1Cl. The van der Waals surface area contributed by atoms with E-state index in [1.807, 2.05) is 0 Å². The number of nitrogen functional groups attached to an aromatic ring is 1. The number of hydrogen-bond acceptors (Lipinski definition) is 8. The summed E-state index contributed by atoms with van der Waals surface area (Å²) in [6.45, 7) is 3.39. The molecule has 10 nitrogen and oxygen atoms in total. The molecule has 3 rings (SSSR count). The zero-order valence-corrected chi connectivity index (χ0v) is 14.6. The average molecular weight is 376 g/mol. The highest BCUT2D eigenvalue weighted by atomic mass is 35.5. The maximum atomic E-state index is 11.3. The Labute approximate surface area is 152 Å². The van der Waals surface area contributed by atoms with Crippen molar-refractivity contribution < 1.29 is 9.34 Å². The van der Waals surface area contributed by atoms with Crippen LogP contribution in [0.5, 0.6) is 0 Å². The second kappa shape index (κ2) is 6.84. The fourth-order valence-corrected chi connectivity index (χ4v) is 2.34. The molecule has 0 bridgehead atoms. The molecule has 0 amide bonds. The van der Waals surface area contributed by atoms with Crippen LogP contribution in [0.1, 0.15) is 17.1 Å². The van der Waals surface area contributed by atoms with Gasteiger partial charge in [-0.1, -0.05) is 11.6 Å². The lowest BCUT2D eigenvalue weighted by Gasteiger charge is -2.03. The highest BCUT2D eigenvalue weighted by Gasteiger charge is 2.20. The summed E-state index contributed by atoms with van der Waals surface area (Å²) >= 11 is 6.09. The van der Waals surface area contributed by atoms with Crippen LogP contribution in [0.2, 0.25) is 5.02 Å². The summed E-state index contributed by atoms with van der Waals surface area (Å²) in [5.74, 6) is 7.14. The lowest BCUT2D eigenvalue weighted by molar-refractivity contribution is -0.384. The average Bonchev–Trinajstić information content (AvgIpc) is 3.19. The Bertz CT molecular complexity index is 1010. The highest BCUT2D eigenvalue weighted by Crippen LogP contribution is 2.35. The van der Waals surface area contributed by atoms with Crippen LogP contribution in [0.3, 0.4) is 0 Å². The van der Waals surface area contributed by atoms with Gasteiger partial charge in [0.1, 0.15) is 11.5 Å². The normalized spacial score (nSPS) is 11.2. The molecule has 2 heterocycles. The first-order valence-corrected chi connectivity index (χ1v) is 7.75. The van der Waals surface area contributed by atoms with Gasteiger partial charge in [-0.2, -0.15) is 5.10 Å². The van der Waals surface area contributed by atoms with Gasteiger partial charge in [0, 0.05) is 11.1 Å². The molecule has 0 aliphatic carbocycles. The second-order valence-electron chi connectivity index (χ2n) is 5.39. The minimum atomic E-state index is -0.479. The Balaban J connectivity index is 1.84. The number of nitrogens with zero attached hydrogens (tertiary/aromatic N) is 5. The largest absolute Gasteiger partial charge is 0.455 e. The minimum absolute atomic E-state index is 0.0884. The van der Waals surface area contributed by atoms with E-state index in [4.69, 9.17) is 21.9 Å². The number of aryl methyl sites for hydroxylation is 2. The first kappa shape index (κ1) is 17.4. The van der Waals surface area contributed by atoms with Crippen molar-refractivity contribution >= 4 is 29.5 Å².